The zero-order valence-corrected chi connectivity index (χ0v) is 9.69. The van der Waals surface area contributed by atoms with Crippen LogP contribution in [0.25, 0.3) is 0 Å². The van der Waals surface area contributed by atoms with Crippen molar-refractivity contribution in [3.05, 3.63) is 0 Å². The topological polar surface area (TPSA) is 37.3 Å². The first-order valence-corrected chi connectivity index (χ1v) is 10.2. The van der Waals surface area contributed by atoms with E-state index in [-0.39, 0.29) is 23.3 Å². The molecule has 4 unspecified atom stereocenters. The van der Waals surface area contributed by atoms with Gasteiger partial charge in [-0.15, -0.1) is 16.4 Å². The van der Waals surface area contributed by atoms with Crippen molar-refractivity contribution in [2.24, 2.45) is 0 Å². The summed E-state index contributed by atoms with van der Waals surface area (Å²) in [6.45, 7) is 1.61. The van der Waals surface area contributed by atoms with Gasteiger partial charge in [0.25, 0.3) is 0 Å². The lowest BCUT2D eigenvalue weighted by molar-refractivity contribution is 0.605. The fourth-order valence-electron chi connectivity index (χ4n) is 0.238. The van der Waals surface area contributed by atoms with E-state index in [1.807, 2.05) is 6.66 Å². The Morgan fingerprint density at radius 3 is 2.78 bits per heavy atom. The molecule has 0 bridgehead atoms. The third-order valence-corrected chi connectivity index (χ3v) is 9.05. The second-order valence-electron chi connectivity index (χ2n) is 1.31. The van der Waals surface area contributed by atoms with Crippen LogP contribution < -0.4 is 0 Å². The standard InChI is InChI=1S/CH8BO2P5/c1-8(5)2-9(6-3)7-4/h2-3,6H,5H2,1H3/i2T. The first-order chi connectivity index (χ1) is 4.63. The van der Waals surface area contributed by atoms with Crippen molar-refractivity contribution in [1.29, 1.82) is 1.34 Å². The average molecular weight is 220 g/mol. The van der Waals surface area contributed by atoms with E-state index in [0.717, 1.165) is 0 Å². The molecule has 0 aromatic carbocycles. The van der Waals surface area contributed by atoms with E-state index < -0.39 is 14.7 Å². The Hall–Kier alpha value is 1.84. The lowest BCUT2D eigenvalue weighted by atomic mass is 10.7. The first-order valence-electron chi connectivity index (χ1n) is 2.63. The van der Waals surface area contributed by atoms with Crippen molar-refractivity contribution in [2.75, 3.05) is 6.66 Å². The molecule has 1 N–H and O–H groups in total. The van der Waals surface area contributed by atoms with Gasteiger partial charge in [-0.05, 0) is 8.00 Å². The molecule has 9 heavy (non-hydrogen) atoms. The van der Waals surface area contributed by atoms with Crippen molar-refractivity contribution in [3.8, 4) is 0 Å². The largest absolute Gasteiger partial charge is 0.373 e. The maximum absolute atomic E-state index is 10.3. The van der Waals surface area contributed by atoms with Crippen LogP contribution in [-0.2, 0) is 4.57 Å². The highest BCUT2D eigenvalue weighted by Gasteiger charge is 2.10. The van der Waals surface area contributed by atoms with Gasteiger partial charge in [0.05, 0.1) is 0 Å². The summed E-state index contributed by atoms with van der Waals surface area (Å²) in [5.74, 6) is 0. The van der Waals surface area contributed by atoms with Gasteiger partial charge in [0.15, 0.2) is 8.15 Å². The second kappa shape index (κ2) is 6.55. The Morgan fingerprint density at radius 1 is 2.11 bits per heavy atom. The molecule has 0 spiro atoms. The summed E-state index contributed by atoms with van der Waals surface area (Å²) in [5.41, 5.74) is 0. The molecule has 0 aliphatic carbocycles. The fourth-order valence-corrected chi connectivity index (χ4v) is 9.83. The number of hydrogen-bond donors (Lipinski definition) is 1. The van der Waals surface area contributed by atoms with E-state index in [0.29, 0.717) is 0 Å². The van der Waals surface area contributed by atoms with E-state index in [2.05, 4.69) is 8.93 Å². The van der Waals surface area contributed by atoms with Crippen molar-refractivity contribution >= 4 is 46.9 Å². The maximum atomic E-state index is 10.3. The third-order valence-electron chi connectivity index (χ3n) is 0.482. The normalized spacial score (nSPS) is 20.1. The van der Waals surface area contributed by atoms with Gasteiger partial charge in [0.1, 0.15) is 0 Å². The molecular weight excluding hydrogens is 210 g/mol. The van der Waals surface area contributed by atoms with Crippen LogP contribution >= 0.6 is 40.2 Å². The molecule has 0 aliphatic heterocycles. The molecule has 0 saturated heterocycles. The molecule has 0 aromatic heterocycles. The highest BCUT2D eigenvalue weighted by atomic mass is 32.4. The summed E-state index contributed by atoms with van der Waals surface area (Å²) in [5, 5.41) is 0. The van der Waals surface area contributed by atoms with Gasteiger partial charge in [0, 0.05) is 15.7 Å². The zero-order chi connectivity index (χ0) is 8.15. The van der Waals surface area contributed by atoms with Gasteiger partial charge < -0.3 is 4.89 Å². The minimum absolute atomic E-state index is 0.0433. The predicted octanol–water partition coefficient (Wildman–Crippen LogP) is 2.34. The van der Waals surface area contributed by atoms with E-state index in [1.165, 1.54) is 0 Å². The highest BCUT2D eigenvalue weighted by Crippen LogP contribution is 2.67. The van der Waals surface area contributed by atoms with E-state index in [4.69, 9.17) is 6.23 Å². The van der Waals surface area contributed by atoms with Crippen molar-refractivity contribution in [1.82, 2.24) is 0 Å². The van der Waals surface area contributed by atoms with Gasteiger partial charge in [-0.25, -0.2) is 0 Å². The summed E-state index contributed by atoms with van der Waals surface area (Å²) in [6.07, 6.45) is 0. The molecule has 0 rings (SSSR count). The fraction of sp³-hybridized carbons (Fsp3) is 1.00. The van der Waals surface area contributed by atoms with Crippen LogP contribution in [-0.4, -0.2) is 19.6 Å². The van der Waals surface area contributed by atoms with Crippen LogP contribution in [0.2, 0.25) is 0 Å². The van der Waals surface area contributed by atoms with E-state index in [9.17, 15) is 4.57 Å². The Morgan fingerprint density at radius 2 is 2.67 bits per heavy atom. The van der Waals surface area contributed by atoms with Gasteiger partial charge in [-0.1, -0.05) is 0 Å². The van der Waals surface area contributed by atoms with Crippen molar-refractivity contribution in [3.63, 3.8) is 0 Å². The smallest absolute Gasteiger partial charge is 0.209 e. The van der Waals surface area contributed by atoms with Crippen LogP contribution in [0.15, 0.2) is 0 Å². The van der Waals surface area contributed by atoms with Gasteiger partial charge >= 0.3 is 0 Å². The number of rotatable bonds is 4. The minimum Gasteiger partial charge on any atom is -0.373 e. The summed E-state index contributed by atoms with van der Waals surface area (Å²) >= 11 is 0. The van der Waals surface area contributed by atoms with Crippen molar-refractivity contribution < 1.29 is 9.46 Å². The molecule has 52 valence electrons. The molecular formula is CH8BO2P5. The molecule has 0 radical (unpaired) electrons. The molecule has 8 heteroatoms. The highest BCUT2D eigenvalue weighted by molar-refractivity contribution is 8.66. The van der Waals surface area contributed by atoms with E-state index >= 15 is 0 Å². The summed E-state index contributed by atoms with van der Waals surface area (Å²) < 4.78 is 17.8. The lowest BCUT2D eigenvalue weighted by Gasteiger charge is -2.05. The minimum atomic E-state index is -0.982. The van der Waals surface area contributed by atoms with Crippen molar-refractivity contribution in [2.45, 2.75) is 0 Å². The molecule has 0 fully saturated rings. The molecule has 0 saturated carbocycles. The lowest BCUT2D eigenvalue weighted by Crippen LogP contribution is -1.69. The molecule has 0 heterocycles. The second-order valence-corrected chi connectivity index (χ2v) is 12.0. The Kier molecular flexibility index (Phi) is 6.50. The third kappa shape index (κ3) is 6.25. The first kappa shape index (κ1) is 8.94. The van der Waals surface area contributed by atoms with Crippen LogP contribution in [0.1, 0.15) is 0 Å². The SMILES string of the molecule is [3H]B(P(C)P)P(P=O)PO. The summed E-state index contributed by atoms with van der Waals surface area (Å²) in [7, 11) is 0.735. The van der Waals surface area contributed by atoms with Crippen LogP contribution in [0, 0.1) is 0 Å². The molecule has 0 aromatic rings. The average Bonchev–Trinajstić information content (AvgIpc) is 1.90. The zero-order valence-electron chi connectivity index (χ0n) is 5.85. The van der Waals surface area contributed by atoms with Gasteiger partial charge in [0.2, 0.25) is 6.68 Å². The van der Waals surface area contributed by atoms with Gasteiger partial charge in [-0.2, -0.15) is 0 Å². The Labute approximate surface area is 64.9 Å². The molecule has 4 atom stereocenters. The Balaban J connectivity index is 3.87. The molecule has 0 aliphatic rings. The maximum Gasteiger partial charge on any atom is 0.209 e. The number of hydrogen-bond acceptors (Lipinski definition) is 2. The van der Waals surface area contributed by atoms with Gasteiger partial charge in [-0.3, -0.25) is 4.57 Å². The van der Waals surface area contributed by atoms with E-state index in [1.54, 1.807) is 0 Å². The molecule has 2 nitrogen and oxygen atoms in total. The van der Waals surface area contributed by atoms with Crippen LogP contribution in [0.3, 0.4) is 0 Å². The van der Waals surface area contributed by atoms with Crippen LogP contribution in [0.4, 0.5) is 0 Å². The Bertz CT molecular complexity index is 112. The summed E-state index contributed by atoms with van der Waals surface area (Å²) in [4.78, 5) is 8.68. The molecule has 0 amide bonds. The summed E-state index contributed by atoms with van der Waals surface area (Å²) in [6, 6.07) is 0. The quantitative estimate of drug-likeness (QED) is 0.582. The monoisotopic (exact) mass is 220 g/mol. The van der Waals surface area contributed by atoms with Crippen LogP contribution in [0.5, 0.6) is 0 Å². The predicted molar refractivity (Wildman–Crippen MR) is 54.8 cm³/mol.